The molecule has 0 N–H and O–H groups in total. The molecule has 10 heteroatoms. The topological polar surface area (TPSA) is 87.9 Å². The second kappa shape index (κ2) is 8.54. The number of hydrogen-bond acceptors (Lipinski definition) is 7. The lowest BCUT2D eigenvalue weighted by atomic mass is 10.1. The van der Waals surface area contributed by atoms with E-state index in [0.29, 0.717) is 49.8 Å². The highest BCUT2D eigenvalue weighted by atomic mass is 32.2. The van der Waals surface area contributed by atoms with Crippen LogP contribution in [0.15, 0.2) is 35.1 Å². The summed E-state index contributed by atoms with van der Waals surface area (Å²) in [7, 11) is -3.16. The van der Waals surface area contributed by atoms with Crippen molar-refractivity contribution in [2.24, 2.45) is 0 Å². The molecule has 0 spiro atoms. The van der Waals surface area contributed by atoms with Crippen LogP contribution in [0, 0.1) is 6.92 Å². The number of hydrogen-bond donors (Lipinski definition) is 0. The number of fused-ring (bicyclic) bond motifs is 1. The SMILES string of the molecule is CCCS(=O)(=O)N1CCN(Cc2cc(=O)n3nc(-c4cccc(C)c4)sc3n2)CC1. The molecule has 0 bridgehead atoms. The minimum Gasteiger partial charge on any atom is -0.295 e. The van der Waals surface area contributed by atoms with E-state index in [1.54, 1.807) is 4.31 Å². The number of aryl methyl sites for hydroxylation is 1. The first-order chi connectivity index (χ1) is 14.4. The van der Waals surface area contributed by atoms with E-state index in [4.69, 9.17) is 0 Å². The zero-order valence-corrected chi connectivity index (χ0v) is 18.7. The Hall–Kier alpha value is -2.14. The maximum absolute atomic E-state index is 12.6. The number of benzene rings is 1. The normalized spacial score (nSPS) is 16.3. The van der Waals surface area contributed by atoms with Crippen molar-refractivity contribution >= 4 is 26.3 Å². The van der Waals surface area contributed by atoms with Crippen LogP contribution in [-0.4, -0.2) is 64.2 Å². The first-order valence-corrected chi connectivity index (χ1v) is 12.5. The number of rotatable bonds is 6. The molecule has 2 aromatic heterocycles. The predicted octanol–water partition coefficient (Wildman–Crippen LogP) is 1.98. The molecule has 4 rings (SSSR count). The van der Waals surface area contributed by atoms with Crippen molar-refractivity contribution in [3.8, 4) is 10.6 Å². The zero-order chi connectivity index (χ0) is 21.3. The van der Waals surface area contributed by atoms with Crippen molar-refractivity contribution < 1.29 is 8.42 Å². The highest BCUT2D eigenvalue weighted by Crippen LogP contribution is 2.25. The van der Waals surface area contributed by atoms with Gasteiger partial charge < -0.3 is 0 Å². The van der Waals surface area contributed by atoms with Crippen molar-refractivity contribution in [3.63, 3.8) is 0 Å². The largest absolute Gasteiger partial charge is 0.295 e. The first kappa shape index (κ1) is 21.1. The van der Waals surface area contributed by atoms with Gasteiger partial charge in [-0.15, -0.1) is 0 Å². The number of aromatic nitrogens is 3. The van der Waals surface area contributed by atoms with Crippen LogP contribution in [0.5, 0.6) is 0 Å². The van der Waals surface area contributed by atoms with Crippen LogP contribution in [0.1, 0.15) is 24.6 Å². The van der Waals surface area contributed by atoms with Gasteiger partial charge in [-0.05, 0) is 19.4 Å². The molecule has 0 saturated carbocycles. The van der Waals surface area contributed by atoms with Crippen molar-refractivity contribution in [1.82, 2.24) is 23.8 Å². The van der Waals surface area contributed by atoms with Crippen LogP contribution in [0.25, 0.3) is 15.5 Å². The standard InChI is InChI=1S/C20H25N5O3S2/c1-3-11-30(27,28)24-9-7-23(8-10-24)14-17-13-18(26)25-20(21-17)29-19(22-25)16-6-4-5-15(2)12-16/h4-6,12-13H,3,7-11,14H2,1-2H3. The third-order valence-corrected chi connectivity index (χ3v) is 8.17. The van der Waals surface area contributed by atoms with Crippen molar-refractivity contribution in [2.45, 2.75) is 26.8 Å². The van der Waals surface area contributed by atoms with Gasteiger partial charge in [-0.2, -0.15) is 13.9 Å². The van der Waals surface area contributed by atoms with Gasteiger partial charge >= 0.3 is 0 Å². The van der Waals surface area contributed by atoms with Crippen LogP contribution in [0.2, 0.25) is 0 Å². The fraction of sp³-hybridized carbons (Fsp3) is 0.450. The summed E-state index contributed by atoms with van der Waals surface area (Å²) in [6.07, 6.45) is 0.621. The molecule has 1 aromatic carbocycles. The Kier molecular flexibility index (Phi) is 6.01. The van der Waals surface area contributed by atoms with Crippen LogP contribution in [0.4, 0.5) is 0 Å². The molecule has 0 amide bonds. The molecule has 30 heavy (non-hydrogen) atoms. The lowest BCUT2D eigenvalue weighted by Crippen LogP contribution is -2.48. The Labute approximate surface area is 179 Å². The van der Waals surface area contributed by atoms with Gasteiger partial charge in [0.05, 0.1) is 11.4 Å². The Morgan fingerprint density at radius 2 is 1.90 bits per heavy atom. The summed E-state index contributed by atoms with van der Waals surface area (Å²) in [6, 6.07) is 9.52. The molecular formula is C20H25N5O3S2. The van der Waals surface area contributed by atoms with Crippen LogP contribution in [0.3, 0.4) is 0 Å². The van der Waals surface area contributed by atoms with E-state index in [1.807, 2.05) is 38.1 Å². The summed E-state index contributed by atoms with van der Waals surface area (Å²) >= 11 is 1.39. The smallest absolute Gasteiger partial charge is 0.275 e. The fourth-order valence-corrected chi connectivity index (χ4v) is 6.03. The molecule has 3 aromatic rings. The van der Waals surface area contributed by atoms with E-state index in [2.05, 4.69) is 15.0 Å². The quantitative estimate of drug-likeness (QED) is 0.574. The zero-order valence-electron chi connectivity index (χ0n) is 17.1. The van der Waals surface area contributed by atoms with Gasteiger partial charge in [0.2, 0.25) is 15.0 Å². The lowest BCUT2D eigenvalue weighted by Gasteiger charge is -2.33. The minimum atomic E-state index is -3.16. The van der Waals surface area contributed by atoms with Crippen LogP contribution in [-0.2, 0) is 16.6 Å². The third kappa shape index (κ3) is 4.46. The molecule has 0 radical (unpaired) electrons. The second-order valence-electron chi connectivity index (χ2n) is 7.55. The number of piperazine rings is 1. The average Bonchev–Trinajstić information content (AvgIpc) is 3.13. The van der Waals surface area contributed by atoms with Crippen LogP contribution >= 0.6 is 11.3 Å². The Morgan fingerprint density at radius 3 is 2.60 bits per heavy atom. The third-order valence-electron chi connectivity index (χ3n) is 5.14. The van der Waals surface area contributed by atoms with Gasteiger partial charge in [0.1, 0.15) is 5.01 Å². The molecular weight excluding hydrogens is 422 g/mol. The van der Waals surface area contributed by atoms with Gasteiger partial charge in [-0.25, -0.2) is 13.4 Å². The van der Waals surface area contributed by atoms with Gasteiger partial charge in [0.25, 0.3) is 5.56 Å². The summed E-state index contributed by atoms with van der Waals surface area (Å²) in [4.78, 5) is 19.9. The maximum Gasteiger partial charge on any atom is 0.275 e. The van der Waals surface area contributed by atoms with Gasteiger partial charge in [0, 0.05) is 44.4 Å². The summed E-state index contributed by atoms with van der Waals surface area (Å²) in [6.45, 7) is 6.61. The minimum absolute atomic E-state index is 0.191. The molecule has 160 valence electrons. The molecule has 8 nitrogen and oxygen atoms in total. The van der Waals surface area contributed by atoms with Crippen molar-refractivity contribution in [3.05, 3.63) is 51.9 Å². The summed E-state index contributed by atoms with van der Waals surface area (Å²) < 4.78 is 27.4. The van der Waals surface area contributed by atoms with Crippen LogP contribution < -0.4 is 5.56 Å². The van der Waals surface area contributed by atoms with E-state index >= 15 is 0 Å². The lowest BCUT2D eigenvalue weighted by molar-refractivity contribution is 0.180. The molecule has 3 heterocycles. The Morgan fingerprint density at radius 1 is 1.13 bits per heavy atom. The van der Waals surface area contributed by atoms with Gasteiger partial charge in [0.15, 0.2) is 0 Å². The van der Waals surface area contributed by atoms with E-state index in [0.717, 1.165) is 16.1 Å². The molecule has 0 unspecified atom stereocenters. The highest BCUT2D eigenvalue weighted by molar-refractivity contribution is 7.89. The van der Waals surface area contributed by atoms with Gasteiger partial charge in [-0.1, -0.05) is 42.0 Å². The molecule has 0 aliphatic carbocycles. The predicted molar refractivity (Wildman–Crippen MR) is 118 cm³/mol. The fourth-order valence-electron chi connectivity index (χ4n) is 3.61. The maximum atomic E-state index is 12.6. The molecule has 1 saturated heterocycles. The molecule has 1 aliphatic heterocycles. The van der Waals surface area contributed by atoms with E-state index < -0.39 is 10.0 Å². The van der Waals surface area contributed by atoms with Crippen molar-refractivity contribution in [2.75, 3.05) is 31.9 Å². The van der Waals surface area contributed by atoms with Crippen molar-refractivity contribution in [1.29, 1.82) is 0 Å². The van der Waals surface area contributed by atoms with E-state index in [-0.39, 0.29) is 11.3 Å². The molecule has 1 fully saturated rings. The Balaban J connectivity index is 1.50. The summed E-state index contributed by atoms with van der Waals surface area (Å²) in [5, 5.41) is 5.20. The Bertz CT molecular complexity index is 1210. The van der Waals surface area contributed by atoms with Gasteiger partial charge in [-0.3, -0.25) is 9.69 Å². The monoisotopic (exact) mass is 447 g/mol. The molecule has 0 atom stereocenters. The highest BCUT2D eigenvalue weighted by Gasteiger charge is 2.26. The number of nitrogens with zero attached hydrogens (tertiary/aromatic N) is 5. The average molecular weight is 448 g/mol. The summed E-state index contributed by atoms with van der Waals surface area (Å²) in [5.74, 6) is 0.191. The number of sulfonamides is 1. The summed E-state index contributed by atoms with van der Waals surface area (Å²) in [5.41, 5.74) is 2.59. The van der Waals surface area contributed by atoms with E-state index in [1.165, 1.54) is 21.9 Å². The van der Waals surface area contributed by atoms with E-state index in [9.17, 15) is 13.2 Å². The second-order valence-corrected chi connectivity index (χ2v) is 10.6. The molecule has 1 aliphatic rings. The first-order valence-electron chi connectivity index (χ1n) is 10.0.